The van der Waals surface area contributed by atoms with Gasteiger partial charge in [0.05, 0.1) is 13.7 Å². The standard InChI is InChI=1S/C17H18O6S/c1-13-14(22-12-6-11-18)8-5-9-15(13)23-24(19,20)17-10-4-3-7-16(17)21-2/h3-5,7-11H,6,12H2,1-2H3. The molecule has 24 heavy (non-hydrogen) atoms. The van der Waals surface area contributed by atoms with Gasteiger partial charge in [-0.3, -0.25) is 0 Å². The van der Waals surface area contributed by atoms with Gasteiger partial charge in [0.15, 0.2) is 0 Å². The summed E-state index contributed by atoms with van der Waals surface area (Å²) in [6.07, 6.45) is 1.01. The van der Waals surface area contributed by atoms with Crippen LogP contribution in [0.5, 0.6) is 17.2 Å². The number of rotatable bonds is 8. The summed E-state index contributed by atoms with van der Waals surface area (Å²) in [7, 11) is -2.67. The number of ether oxygens (including phenoxy) is 2. The minimum atomic E-state index is -4.06. The zero-order valence-corrected chi connectivity index (χ0v) is 14.2. The first-order valence-corrected chi connectivity index (χ1v) is 8.64. The molecular weight excluding hydrogens is 332 g/mol. The van der Waals surface area contributed by atoms with E-state index in [2.05, 4.69) is 0 Å². The highest BCUT2D eigenvalue weighted by atomic mass is 32.2. The largest absolute Gasteiger partial charge is 0.495 e. The van der Waals surface area contributed by atoms with E-state index in [1.54, 1.807) is 37.3 Å². The molecule has 0 unspecified atom stereocenters. The maximum atomic E-state index is 12.5. The van der Waals surface area contributed by atoms with Crippen molar-refractivity contribution in [3.63, 3.8) is 0 Å². The van der Waals surface area contributed by atoms with Crippen LogP contribution in [0, 0.1) is 6.92 Å². The number of benzene rings is 2. The molecule has 0 amide bonds. The molecule has 2 aromatic rings. The highest BCUT2D eigenvalue weighted by molar-refractivity contribution is 7.87. The normalized spacial score (nSPS) is 10.9. The zero-order chi connectivity index (χ0) is 17.6. The minimum Gasteiger partial charge on any atom is -0.495 e. The predicted octanol–water partition coefficient (Wildman–Crippen LogP) is 2.74. The van der Waals surface area contributed by atoms with E-state index in [4.69, 9.17) is 13.7 Å². The molecule has 0 fully saturated rings. The number of hydrogen-bond donors (Lipinski definition) is 0. The molecule has 0 heterocycles. The molecule has 0 radical (unpaired) electrons. The van der Waals surface area contributed by atoms with Gasteiger partial charge in [-0.2, -0.15) is 8.42 Å². The van der Waals surface area contributed by atoms with Crippen molar-refractivity contribution in [1.82, 2.24) is 0 Å². The van der Waals surface area contributed by atoms with Crippen LogP contribution >= 0.6 is 0 Å². The van der Waals surface area contributed by atoms with E-state index in [1.807, 2.05) is 0 Å². The van der Waals surface area contributed by atoms with Gasteiger partial charge in [0.25, 0.3) is 0 Å². The Morgan fingerprint density at radius 2 is 1.67 bits per heavy atom. The van der Waals surface area contributed by atoms with Gasteiger partial charge in [-0.15, -0.1) is 0 Å². The lowest BCUT2D eigenvalue weighted by atomic mass is 10.2. The van der Waals surface area contributed by atoms with E-state index in [0.29, 0.717) is 11.3 Å². The second-order valence-corrected chi connectivity index (χ2v) is 6.39. The van der Waals surface area contributed by atoms with Crippen molar-refractivity contribution in [2.24, 2.45) is 0 Å². The SMILES string of the molecule is COc1ccccc1S(=O)(=O)Oc1cccc(OCCC=O)c1C. The molecule has 2 rings (SSSR count). The van der Waals surface area contributed by atoms with Gasteiger partial charge in [-0.05, 0) is 31.2 Å². The second kappa shape index (κ2) is 7.83. The third-order valence-corrected chi connectivity index (χ3v) is 4.54. The molecule has 0 saturated heterocycles. The first-order chi connectivity index (χ1) is 11.5. The maximum absolute atomic E-state index is 12.5. The fourth-order valence-corrected chi connectivity index (χ4v) is 3.20. The Kier molecular flexibility index (Phi) is 5.81. The quantitative estimate of drug-likeness (QED) is 0.414. The summed E-state index contributed by atoms with van der Waals surface area (Å²) in [5.41, 5.74) is 0.530. The Bertz CT molecular complexity index is 814. The van der Waals surface area contributed by atoms with Crippen LogP contribution in [0.1, 0.15) is 12.0 Å². The average molecular weight is 350 g/mol. The summed E-state index contributed by atoms with van der Waals surface area (Å²) in [4.78, 5) is 10.3. The van der Waals surface area contributed by atoms with Crippen molar-refractivity contribution in [1.29, 1.82) is 0 Å². The van der Waals surface area contributed by atoms with Crippen LogP contribution in [0.15, 0.2) is 47.4 Å². The smallest absolute Gasteiger partial charge is 0.342 e. The maximum Gasteiger partial charge on any atom is 0.342 e. The molecule has 0 bridgehead atoms. The summed E-state index contributed by atoms with van der Waals surface area (Å²) in [6, 6.07) is 11.1. The van der Waals surface area contributed by atoms with E-state index >= 15 is 0 Å². The van der Waals surface area contributed by atoms with Crippen LogP contribution < -0.4 is 13.7 Å². The monoisotopic (exact) mass is 350 g/mol. The van der Waals surface area contributed by atoms with Crippen LogP contribution in [0.25, 0.3) is 0 Å². The fraction of sp³-hybridized carbons (Fsp3) is 0.235. The van der Waals surface area contributed by atoms with Gasteiger partial charge in [-0.1, -0.05) is 18.2 Å². The lowest BCUT2D eigenvalue weighted by molar-refractivity contribution is -0.108. The number of aldehydes is 1. The molecule has 0 aliphatic carbocycles. The Balaban J connectivity index is 2.30. The number of carbonyl (C=O) groups excluding carboxylic acids is 1. The lowest BCUT2D eigenvalue weighted by Crippen LogP contribution is -2.12. The van der Waals surface area contributed by atoms with E-state index in [9.17, 15) is 13.2 Å². The van der Waals surface area contributed by atoms with Crippen molar-refractivity contribution < 1.29 is 26.9 Å². The van der Waals surface area contributed by atoms with E-state index < -0.39 is 10.1 Å². The average Bonchev–Trinajstić information content (AvgIpc) is 2.58. The van der Waals surface area contributed by atoms with Crippen molar-refractivity contribution in [2.45, 2.75) is 18.2 Å². The molecule has 128 valence electrons. The van der Waals surface area contributed by atoms with Gasteiger partial charge in [-0.25, -0.2) is 0 Å². The minimum absolute atomic E-state index is 0.0563. The van der Waals surface area contributed by atoms with Crippen molar-refractivity contribution >= 4 is 16.4 Å². The third kappa shape index (κ3) is 4.05. The number of carbonyl (C=O) groups is 1. The van der Waals surface area contributed by atoms with E-state index in [0.717, 1.165) is 6.29 Å². The van der Waals surface area contributed by atoms with Crippen molar-refractivity contribution in [3.05, 3.63) is 48.0 Å². The zero-order valence-electron chi connectivity index (χ0n) is 13.4. The highest BCUT2D eigenvalue weighted by Gasteiger charge is 2.22. The summed E-state index contributed by atoms with van der Waals surface area (Å²) in [5.74, 6) is 0.822. The van der Waals surface area contributed by atoms with Crippen LogP contribution in [0.3, 0.4) is 0 Å². The molecule has 0 aromatic heterocycles. The molecule has 0 aliphatic heterocycles. The summed E-state index contributed by atoms with van der Waals surface area (Å²) in [5, 5.41) is 0. The van der Waals surface area contributed by atoms with Crippen molar-refractivity contribution in [2.75, 3.05) is 13.7 Å². The van der Waals surface area contributed by atoms with E-state index in [-0.39, 0.29) is 29.4 Å². The molecule has 0 N–H and O–H groups in total. The third-order valence-electron chi connectivity index (χ3n) is 3.27. The van der Waals surface area contributed by atoms with Gasteiger partial charge in [0.1, 0.15) is 28.4 Å². The van der Waals surface area contributed by atoms with Gasteiger partial charge in [0.2, 0.25) is 0 Å². The molecule has 7 heteroatoms. The summed E-state index contributed by atoms with van der Waals surface area (Å²) >= 11 is 0. The topological polar surface area (TPSA) is 78.9 Å². The predicted molar refractivity (Wildman–Crippen MR) is 88.2 cm³/mol. The number of hydrogen-bond acceptors (Lipinski definition) is 6. The first-order valence-electron chi connectivity index (χ1n) is 7.23. The number of para-hydroxylation sites is 1. The van der Waals surface area contributed by atoms with E-state index in [1.165, 1.54) is 19.2 Å². The lowest BCUT2D eigenvalue weighted by Gasteiger charge is -2.14. The molecule has 0 spiro atoms. The van der Waals surface area contributed by atoms with Crippen LogP contribution in [-0.2, 0) is 14.9 Å². The molecular formula is C17H18O6S. The fourth-order valence-electron chi connectivity index (χ4n) is 2.05. The molecule has 0 aliphatic rings. The van der Waals surface area contributed by atoms with Crippen LogP contribution in [0.2, 0.25) is 0 Å². The molecule has 0 saturated carbocycles. The Morgan fingerprint density at radius 1 is 1.00 bits per heavy atom. The molecule has 0 atom stereocenters. The van der Waals surface area contributed by atoms with Gasteiger partial charge < -0.3 is 18.5 Å². The Labute approximate surface area is 141 Å². The Morgan fingerprint density at radius 3 is 2.38 bits per heavy atom. The van der Waals surface area contributed by atoms with Gasteiger partial charge >= 0.3 is 10.1 Å². The highest BCUT2D eigenvalue weighted by Crippen LogP contribution is 2.32. The van der Waals surface area contributed by atoms with Crippen LogP contribution in [0.4, 0.5) is 0 Å². The van der Waals surface area contributed by atoms with Crippen molar-refractivity contribution in [3.8, 4) is 17.2 Å². The van der Waals surface area contributed by atoms with Gasteiger partial charge in [0, 0.05) is 12.0 Å². The second-order valence-electron chi connectivity index (χ2n) is 4.87. The molecule has 2 aromatic carbocycles. The summed E-state index contributed by atoms with van der Waals surface area (Å²) in [6.45, 7) is 1.90. The number of methoxy groups -OCH3 is 1. The summed E-state index contributed by atoms with van der Waals surface area (Å²) < 4.78 is 40.8. The first kappa shape index (κ1) is 17.8. The Hall–Kier alpha value is -2.54. The molecule has 6 nitrogen and oxygen atoms in total. The van der Waals surface area contributed by atoms with Crippen LogP contribution in [-0.4, -0.2) is 28.4 Å².